The minimum Gasteiger partial charge on any atom is -0.497 e. The third-order valence-corrected chi connectivity index (χ3v) is 5.49. The van der Waals surface area contributed by atoms with Crippen LogP contribution in [0.25, 0.3) is 0 Å². The van der Waals surface area contributed by atoms with Gasteiger partial charge in [-0.05, 0) is 25.0 Å². The van der Waals surface area contributed by atoms with Crippen LogP contribution in [-0.4, -0.2) is 55.2 Å². The largest absolute Gasteiger partial charge is 0.497 e. The van der Waals surface area contributed by atoms with E-state index in [0.29, 0.717) is 6.54 Å². The smallest absolute Gasteiger partial charge is 0.225 e. The molecule has 7 heteroatoms. The fourth-order valence-electron chi connectivity index (χ4n) is 4.17. The SMILES string of the molecule is CCNC(=O)[C@@H]1Cc2ccc(OC)cc2N2CCN(c3cnccn3)C[C@H]12. The first-order valence-electron chi connectivity index (χ1n) is 9.43. The average Bonchev–Trinajstić information content (AvgIpc) is 2.73. The van der Waals surface area contributed by atoms with E-state index in [4.69, 9.17) is 4.74 Å². The Morgan fingerprint density at radius 1 is 1.33 bits per heavy atom. The maximum absolute atomic E-state index is 12.8. The first-order chi connectivity index (χ1) is 13.2. The Bertz CT molecular complexity index is 813. The van der Waals surface area contributed by atoms with Gasteiger partial charge in [0.25, 0.3) is 0 Å². The van der Waals surface area contributed by atoms with Gasteiger partial charge >= 0.3 is 0 Å². The topological polar surface area (TPSA) is 70.6 Å². The molecule has 27 heavy (non-hydrogen) atoms. The van der Waals surface area contributed by atoms with Crippen LogP contribution in [0.2, 0.25) is 0 Å². The number of hydrogen-bond acceptors (Lipinski definition) is 6. The molecule has 0 unspecified atom stereocenters. The molecule has 1 aromatic heterocycles. The van der Waals surface area contributed by atoms with Gasteiger partial charge < -0.3 is 19.9 Å². The number of carbonyl (C=O) groups excluding carboxylic acids is 1. The molecule has 0 radical (unpaired) electrons. The number of piperazine rings is 1. The summed E-state index contributed by atoms with van der Waals surface area (Å²) in [6.45, 7) is 5.03. The van der Waals surface area contributed by atoms with E-state index in [-0.39, 0.29) is 17.9 Å². The minimum atomic E-state index is -0.0923. The van der Waals surface area contributed by atoms with Crippen LogP contribution in [0, 0.1) is 5.92 Å². The maximum atomic E-state index is 12.8. The summed E-state index contributed by atoms with van der Waals surface area (Å²) in [6.07, 6.45) is 5.92. The van der Waals surface area contributed by atoms with Crippen molar-refractivity contribution in [3.05, 3.63) is 42.4 Å². The summed E-state index contributed by atoms with van der Waals surface area (Å²) in [5.41, 5.74) is 2.38. The predicted molar refractivity (Wildman–Crippen MR) is 104 cm³/mol. The highest BCUT2D eigenvalue weighted by molar-refractivity contribution is 5.82. The lowest BCUT2D eigenvalue weighted by atomic mass is 9.83. The number of methoxy groups -OCH3 is 1. The molecule has 1 aromatic carbocycles. The van der Waals surface area contributed by atoms with Gasteiger partial charge in [0.05, 0.1) is 25.3 Å². The summed E-state index contributed by atoms with van der Waals surface area (Å²) in [7, 11) is 1.69. The van der Waals surface area contributed by atoms with Crippen LogP contribution >= 0.6 is 0 Å². The molecule has 1 fully saturated rings. The van der Waals surface area contributed by atoms with Crippen molar-refractivity contribution < 1.29 is 9.53 Å². The normalized spacial score (nSPS) is 21.3. The number of nitrogens with one attached hydrogen (secondary N) is 1. The number of rotatable bonds is 4. The number of anilines is 2. The maximum Gasteiger partial charge on any atom is 0.225 e. The molecule has 3 heterocycles. The van der Waals surface area contributed by atoms with Crippen molar-refractivity contribution in [2.24, 2.45) is 5.92 Å². The van der Waals surface area contributed by atoms with Gasteiger partial charge in [0.15, 0.2) is 0 Å². The molecule has 1 N–H and O–H groups in total. The van der Waals surface area contributed by atoms with Crippen molar-refractivity contribution in [2.75, 3.05) is 43.1 Å². The average molecular weight is 367 g/mol. The van der Waals surface area contributed by atoms with Gasteiger partial charge in [0.2, 0.25) is 5.91 Å². The molecule has 7 nitrogen and oxygen atoms in total. The number of benzene rings is 1. The van der Waals surface area contributed by atoms with Crippen molar-refractivity contribution in [2.45, 2.75) is 19.4 Å². The second-order valence-electron chi connectivity index (χ2n) is 6.97. The van der Waals surface area contributed by atoms with Crippen molar-refractivity contribution >= 4 is 17.4 Å². The number of hydrogen-bond donors (Lipinski definition) is 1. The van der Waals surface area contributed by atoms with E-state index in [1.165, 1.54) is 11.3 Å². The van der Waals surface area contributed by atoms with Gasteiger partial charge in [0.1, 0.15) is 11.6 Å². The Kier molecular flexibility index (Phi) is 4.83. The summed E-state index contributed by atoms with van der Waals surface area (Å²) in [4.78, 5) is 26.1. The molecular formula is C20H25N5O2. The van der Waals surface area contributed by atoms with Crippen molar-refractivity contribution in [1.82, 2.24) is 15.3 Å². The van der Waals surface area contributed by atoms with Crippen LogP contribution in [-0.2, 0) is 11.2 Å². The van der Waals surface area contributed by atoms with Gasteiger partial charge in [-0.3, -0.25) is 9.78 Å². The number of amides is 1. The Labute approximate surface area is 159 Å². The minimum absolute atomic E-state index is 0.0897. The number of fused-ring (bicyclic) bond motifs is 3. The Hall–Kier alpha value is -2.83. The molecule has 1 saturated heterocycles. The van der Waals surface area contributed by atoms with Crippen molar-refractivity contribution in [3.8, 4) is 5.75 Å². The highest BCUT2D eigenvalue weighted by Gasteiger charge is 2.41. The molecule has 0 saturated carbocycles. The lowest BCUT2D eigenvalue weighted by Gasteiger charge is -2.49. The summed E-state index contributed by atoms with van der Waals surface area (Å²) < 4.78 is 5.43. The van der Waals surface area contributed by atoms with Crippen molar-refractivity contribution in [3.63, 3.8) is 0 Å². The predicted octanol–water partition coefficient (Wildman–Crippen LogP) is 1.49. The van der Waals surface area contributed by atoms with Crippen LogP contribution in [0.5, 0.6) is 5.75 Å². The van der Waals surface area contributed by atoms with Crippen LogP contribution in [0.1, 0.15) is 12.5 Å². The van der Waals surface area contributed by atoms with Gasteiger partial charge in [-0.2, -0.15) is 0 Å². The molecule has 2 atom stereocenters. The van der Waals surface area contributed by atoms with Crippen molar-refractivity contribution in [1.29, 1.82) is 0 Å². The highest BCUT2D eigenvalue weighted by Crippen LogP contribution is 2.38. The zero-order chi connectivity index (χ0) is 18.8. The number of aromatic nitrogens is 2. The molecule has 0 aliphatic carbocycles. The van der Waals surface area contributed by atoms with Crippen LogP contribution in [0.15, 0.2) is 36.8 Å². The summed E-state index contributed by atoms with van der Waals surface area (Å²) in [5, 5.41) is 3.02. The summed E-state index contributed by atoms with van der Waals surface area (Å²) >= 11 is 0. The first kappa shape index (κ1) is 17.6. The lowest BCUT2D eigenvalue weighted by molar-refractivity contribution is -0.125. The molecule has 2 aromatic rings. The van der Waals surface area contributed by atoms with Crippen LogP contribution < -0.4 is 19.9 Å². The zero-order valence-electron chi connectivity index (χ0n) is 15.8. The molecule has 0 spiro atoms. The summed E-state index contributed by atoms with van der Waals surface area (Å²) in [6, 6.07) is 6.25. The Morgan fingerprint density at radius 3 is 2.96 bits per heavy atom. The monoisotopic (exact) mass is 367 g/mol. The van der Waals surface area contributed by atoms with E-state index in [1.54, 1.807) is 25.7 Å². The zero-order valence-corrected chi connectivity index (χ0v) is 15.8. The van der Waals surface area contributed by atoms with Gasteiger partial charge in [-0.1, -0.05) is 6.07 Å². The molecule has 4 rings (SSSR count). The standard InChI is InChI=1S/C20H25N5O2/c1-3-22-20(26)16-10-14-4-5-15(27-2)11-17(14)25-9-8-24(13-18(16)25)19-12-21-6-7-23-19/h4-7,11-12,16,18H,3,8-10,13H2,1-2H3,(H,22,26)/t16-,18-/m1/s1. The second-order valence-corrected chi connectivity index (χ2v) is 6.97. The molecular weight excluding hydrogens is 342 g/mol. The summed E-state index contributed by atoms with van der Waals surface area (Å²) in [5.74, 6) is 1.74. The van der Waals surface area contributed by atoms with E-state index >= 15 is 0 Å². The second kappa shape index (κ2) is 7.42. The lowest BCUT2D eigenvalue weighted by Crippen LogP contribution is -2.61. The van der Waals surface area contributed by atoms with Gasteiger partial charge in [-0.25, -0.2) is 4.98 Å². The van der Waals surface area contributed by atoms with E-state index in [9.17, 15) is 4.79 Å². The molecule has 2 aliphatic heterocycles. The van der Waals surface area contributed by atoms with Crippen LogP contribution in [0.4, 0.5) is 11.5 Å². The van der Waals surface area contributed by atoms with Crippen LogP contribution in [0.3, 0.4) is 0 Å². The highest BCUT2D eigenvalue weighted by atomic mass is 16.5. The molecule has 1 amide bonds. The quantitative estimate of drug-likeness (QED) is 0.883. The fraction of sp³-hybridized carbons (Fsp3) is 0.450. The van der Waals surface area contributed by atoms with E-state index in [0.717, 1.165) is 37.6 Å². The van der Waals surface area contributed by atoms with Gasteiger partial charge in [0, 0.05) is 50.3 Å². The first-order valence-corrected chi connectivity index (χ1v) is 9.43. The number of nitrogens with zero attached hydrogens (tertiary/aromatic N) is 4. The third kappa shape index (κ3) is 3.29. The Morgan fingerprint density at radius 2 is 2.22 bits per heavy atom. The molecule has 142 valence electrons. The molecule has 2 aliphatic rings. The number of carbonyl (C=O) groups is 1. The van der Waals surface area contributed by atoms with E-state index in [1.807, 2.05) is 13.0 Å². The third-order valence-electron chi connectivity index (χ3n) is 5.49. The molecule has 0 bridgehead atoms. The number of ether oxygens (including phenoxy) is 1. The Balaban J connectivity index is 1.68. The fourth-order valence-corrected chi connectivity index (χ4v) is 4.17. The van der Waals surface area contributed by atoms with Gasteiger partial charge in [-0.15, -0.1) is 0 Å². The van der Waals surface area contributed by atoms with E-state index < -0.39 is 0 Å². The van der Waals surface area contributed by atoms with E-state index in [2.05, 4.69) is 37.2 Å².